The first-order valence-corrected chi connectivity index (χ1v) is 9.36. The second-order valence-corrected chi connectivity index (χ2v) is 7.46. The predicted molar refractivity (Wildman–Crippen MR) is 106 cm³/mol. The summed E-state index contributed by atoms with van der Waals surface area (Å²) in [4.78, 5) is 36.3. The van der Waals surface area contributed by atoms with Crippen LogP contribution in [0, 0.1) is 11.8 Å². The number of esters is 1. The number of hydrogen-bond donors (Lipinski definition) is 1. The Hall–Kier alpha value is -1.82. The molecule has 0 aromatic heterocycles. The third-order valence-electron chi connectivity index (χ3n) is 4.18. The summed E-state index contributed by atoms with van der Waals surface area (Å²) in [6.07, 6.45) is 4.49. The number of carbonyl (C=O) groups excluding carboxylic acids is 3. The van der Waals surface area contributed by atoms with Crippen molar-refractivity contribution >= 4 is 58.1 Å². The molecule has 0 spiro atoms. The molecule has 0 saturated heterocycles. The highest BCUT2D eigenvalue weighted by molar-refractivity contribution is 6.59. The molecule has 2 rings (SSSR count). The van der Waals surface area contributed by atoms with E-state index in [2.05, 4.69) is 5.32 Å². The highest BCUT2D eigenvalue weighted by Gasteiger charge is 2.35. The molecular weight excluding hydrogens is 413 g/mol. The van der Waals surface area contributed by atoms with Gasteiger partial charge < -0.3 is 10.1 Å². The summed E-state index contributed by atoms with van der Waals surface area (Å²) < 4.78 is 4.96. The molecule has 0 radical (unpaired) electrons. The van der Waals surface area contributed by atoms with Gasteiger partial charge in [-0.05, 0) is 44.0 Å². The van der Waals surface area contributed by atoms with Crippen LogP contribution in [0.3, 0.4) is 0 Å². The highest BCUT2D eigenvalue weighted by atomic mass is 35.5. The number of Topliss-reactive ketones (excluding diaryl/α,β-unsaturated/α-hetero) is 1. The van der Waals surface area contributed by atoms with Crippen LogP contribution in [0.2, 0.25) is 0 Å². The van der Waals surface area contributed by atoms with Crippen molar-refractivity contribution in [2.75, 3.05) is 11.9 Å². The van der Waals surface area contributed by atoms with Gasteiger partial charge in [-0.2, -0.15) is 0 Å². The lowest BCUT2D eigenvalue weighted by Gasteiger charge is -2.26. The minimum absolute atomic E-state index is 0.0181. The van der Waals surface area contributed by atoms with Crippen LogP contribution in [0.15, 0.2) is 45.9 Å². The van der Waals surface area contributed by atoms with Crippen LogP contribution in [-0.4, -0.2) is 24.3 Å². The molecule has 0 heterocycles. The topological polar surface area (TPSA) is 72.5 Å². The van der Waals surface area contributed by atoms with Crippen LogP contribution < -0.4 is 5.32 Å². The average molecular weight is 431 g/mol. The molecule has 8 heteroatoms. The molecule has 1 aliphatic rings. The number of anilines is 1. The summed E-state index contributed by atoms with van der Waals surface area (Å²) in [5, 5.41) is 2.79. The molecule has 0 bridgehead atoms. The summed E-state index contributed by atoms with van der Waals surface area (Å²) in [6, 6.07) is 6.56. The third-order valence-corrected chi connectivity index (χ3v) is 5.12. The largest absolute Gasteiger partial charge is 0.460 e. The maximum absolute atomic E-state index is 12.7. The molecule has 0 aliphatic heterocycles. The van der Waals surface area contributed by atoms with Crippen molar-refractivity contribution in [2.45, 2.75) is 19.8 Å². The van der Waals surface area contributed by atoms with Gasteiger partial charge in [0.1, 0.15) is 11.1 Å². The maximum atomic E-state index is 12.7. The van der Waals surface area contributed by atoms with Gasteiger partial charge in [0.15, 0.2) is 5.78 Å². The summed E-state index contributed by atoms with van der Waals surface area (Å²) >= 11 is 16.8. The third kappa shape index (κ3) is 6.09. The van der Waals surface area contributed by atoms with E-state index < -0.39 is 17.8 Å². The van der Waals surface area contributed by atoms with Crippen molar-refractivity contribution in [3.05, 3.63) is 51.5 Å². The molecule has 1 amide bonds. The molecular formula is C19H18Cl3NO4. The number of ketones is 1. The second-order valence-electron chi connectivity index (χ2n) is 6.05. The van der Waals surface area contributed by atoms with Gasteiger partial charge in [-0.3, -0.25) is 14.4 Å². The van der Waals surface area contributed by atoms with Gasteiger partial charge >= 0.3 is 5.97 Å². The first-order chi connectivity index (χ1) is 12.8. The predicted octanol–water partition coefficient (Wildman–Crippen LogP) is 4.84. The van der Waals surface area contributed by atoms with Crippen LogP contribution in [0.4, 0.5) is 5.69 Å². The molecule has 1 aliphatic carbocycles. The molecule has 1 aromatic rings. The Bertz CT molecular complexity index is 783. The Labute approximate surface area is 172 Å². The lowest BCUT2D eigenvalue weighted by Crippen LogP contribution is -2.36. The number of hydrogen-bond acceptors (Lipinski definition) is 4. The molecule has 0 saturated carbocycles. The number of nitrogens with one attached hydrogen (secondary N) is 1. The summed E-state index contributed by atoms with van der Waals surface area (Å²) in [5.41, 5.74) is 1.10. The minimum Gasteiger partial charge on any atom is -0.460 e. The lowest BCUT2D eigenvalue weighted by molar-refractivity contribution is -0.151. The summed E-state index contributed by atoms with van der Waals surface area (Å²) in [6.45, 7) is 1.22. The van der Waals surface area contributed by atoms with Crippen LogP contribution in [0.5, 0.6) is 0 Å². The number of ether oxygens (including phenoxy) is 1. The maximum Gasteiger partial charge on any atom is 0.310 e. The standard InChI is InChI=1S/C19H18Cl3NO4/c1-11(24)12-6-8-13(9-7-12)23-18(25)14-4-2-3-5-15(14)19(26)27-10-16(20)17(21)22/h2-3,6-9,14-15H,4-5,10H2,1H3,(H,23,25). The smallest absolute Gasteiger partial charge is 0.310 e. The number of allylic oxidation sites excluding steroid dienone is 2. The first kappa shape index (κ1) is 21.5. The van der Waals surface area contributed by atoms with Crippen molar-refractivity contribution in [2.24, 2.45) is 11.8 Å². The van der Waals surface area contributed by atoms with E-state index in [4.69, 9.17) is 39.5 Å². The molecule has 144 valence electrons. The van der Waals surface area contributed by atoms with E-state index in [0.29, 0.717) is 24.1 Å². The van der Waals surface area contributed by atoms with Gasteiger partial charge in [-0.15, -0.1) is 0 Å². The Balaban J connectivity index is 2.04. The Kier molecular flexibility index (Phi) is 7.90. The molecule has 1 aromatic carbocycles. The second kappa shape index (κ2) is 9.93. The van der Waals surface area contributed by atoms with Gasteiger partial charge in [-0.1, -0.05) is 47.0 Å². The van der Waals surface area contributed by atoms with Crippen LogP contribution in [-0.2, 0) is 14.3 Å². The fraction of sp³-hybridized carbons (Fsp3) is 0.316. The molecule has 2 unspecified atom stereocenters. The fourth-order valence-corrected chi connectivity index (χ4v) is 2.85. The van der Waals surface area contributed by atoms with E-state index in [9.17, 15) is 14.4 Å². The van der Waals surface area contributed by atoms with Gasteiger partial charge in [0.05, 0.1) is 16.9 Å². The summed E-state index contributed by atoms with van der Waals surface area (Å²) in [5.74, 6) is -2.11. The van der Waals surface area contributed by atoms with Crippen molar-refractivity contribution < 1.29 is 19.1 Å². The zero-order chi connectivity index (χ0) is 20.0. The minimum atomic E-state index is -0.634. The van der Waals surface area contributed by atoms with Crippen LogP contribution >= 0.6 is 34.8 Å². The van der Waals surface area contributed by atoms with Gasteiger partial charge in [-0.25, -0.2) is 0 Å². The SMILES string of the molecule is CC(=O)c1ccc(NC(=O)C2CC=CCC2C(=O)OCC(Cl)=C(Cl)Cl)cc1. The zero-order valence-electron chi connectivity index (χ0n) is 14.5. The fourth-order valence-electron chi connectivity index (χ4n) is 2.68. The van der Waals surface area contributed by atoms with Crippen molar-refractivity contribution in [1.82, 2.24) is 0 Å². The molecule has 5 nitrogen and oxygen atoms in total. The van der Waals surface area contributed by atoms with Crippen molar-refractivity contribution in [1.29, 1.82) is 0 Å². The van der Waals surface area contributed by atoms with E-state index in [1.165, 1.54) is 6.92 Å². The number of carbonyl (C=O) groups is 3. The van der Waals surface area contributed by atoms with E-state index in [0.717, 1.165) is 0 Å². The quantitative estimate of drug-likeness (QED) is 0.398. The number of benzene rings is 1. The molecule has 1 N–H and O–H groups in total. The first-order valence-electron chi connectivity index (χ1n) is 8.22. The van der Waals surface area contributed by atoms with Gasteiger partial charge in [0, 0.05) is 11.3 Å². The van der Waals surface area contributed by atoms with E-state index in [1.807, 2.05) is 12.2 Å². The Morgan fingerprint density at radius 2 is 1.63 bits per heavy atom. The van der Waals surface area contributed by atoms with Crippen LogP contribution in [0.25, 0.3) is 0 Å². The van der Waals surface area contributed by atoms with E-state index in [-0.39, 0.29) is 27.8 Å². The number of rotatable bonds is 6. The lowest BCUT2D eigenvalue weighted by atomic mass is 9.82. The molecule has 27 heavy (non-hydrogen) atoms. The van der Waals surface area contributed by atoms with Crippen LogP contribution in [0.1, 0.15) is 30.1 Å². The van der Waals surface area contributed by atoms with Crippen molar-refractivity contribution in [3.8, 4) is 0 Å². The highest BCUT2D eigenvalue weighted by Crippen LogP contribution is 2.29. The van der Waals surface area contributed by atoms with E-state index in [1.54, 1.807) is 24.3 Å². The zero-order valence-corrected chi connectivity index (χ0v) is 16.8. The molecule has 0 fully saturated rings. The monoisotopic (exact) mass is 429 g/mol. The van der Waals surface area contributed by atoms with Crippen molar-refractivity contribution in [3.63, 3.8) is 0 Å². The van der Waals surface area contributed by atoms with Gasteiger partial charge in [0.2, 0.25) is 5.91 Å². The average Bonchev–Trinajstić information content (AvgIpc) is 2.66. The summed E-state index contributed by atoms with van der Waals surface area (Å²) in [7, 11) is 0. The molecule has 2 atom stereocenters. The Morgan fingerprint density at radius 1 is 1.04 bits per heavy atom. The van der Waals surface area contributed by atoms with Gasteiger partial charge in [0.25, 0.3) is 0 Å². The van der Waals surface area contributed by atoms with E-state index >= 15 is 0 Å². The normalized spacial score (nSPS) is 18.5. The number of halogens is 3. The Morgan fingerprint density at radius 3 is 2.19 bits per heavy atom. The number of amides is 1.